The third kappa shape index (κ3) is 0.778. The van der Waals surface area contributed by atoms with E-state index in [9.17, 15) is 4.79 Å². The summed E-state index contributed by atoms with van der Waals surface area (Å²) in [6, 6.07) is 0.637. The van der Waals surface area contributed by atoms with Gasteiger partial charge in [-0.05, 0) is 19.4 Å². The topological polar surface area (TPSA) is 20.3 Å². The molecular weight excluding hydrogens is 114 g/mol. The van der Waals surface area contributed by atoms with Gasteiger partial charge in [0.15, 0.2) is 0 Å². The van der Waals surface area contributed by atoms with Gasteiger partial charge in [-0.25, -0.2) is 0 Å². The monoisotopic (exact) mass is 125 g/mol. The fraction of sp³-hybridized carbons (Fsp3) is 0.857. The maximum Gasteiger partial charge on any atom is 0.148 e. The summed E-state index contributed by atoms with van der Waals surface area (Å²) in [7, 11) is 0. The Labute approximate surface area is 54.8 Å². The van der Waals surface area contributed by atoms with Gasteiger partial charge in [-0.2, -0.15) is 0 Å². The van der Waals surface area contributed by atoms with Gasteiger partial charge in [-0.1, -0.05) is 0 Å². The van der Waals surface area contributed by atoms with Gasteiger partial charge in [0, 0.05) is 12.5 Å². The van der Waals surface area contributed by atoms with Crippen LogP contribution in [0.4, 0.5) is 0 Å². The number of ketones is 1. The molecule has 9 heavy (non-hydrogen) atoms. The summed E-state index contributed by atoms with van der Waals surface area (Å²) in [5.41, 5.74) is 0. The highest BCUT2D eigenvalue weighted by molar-refractivity contribution is 5.83. The van der Waals surface area contributed by atoms with E-state index in [1.54, 1.807) is 0 Å². The lowest BCUT2D eigenvalue weighted by atomic mass is 10.1. The summed E-state index contributed by atoms with van der Waals surface area (Å²) in [6.07, 6.45) is 3.39. The van der Waals surface area contributed by atoms with Crippen LogP contribution < -0.4 is 0 Å². The van der Waals surface area contributed by atoms with E-state index in [2.05, 4.69) is 4.90 Å². The molecule has 2 rings (SSSR count). The molecule has 0 radical (unpaired) electrons. The highest BCUT2D eigenvalue weighted by Gasteiger charge is 2.33. The predicted molar refractivity (Wildman–Crippen MR) is 34.2 cm³/mol. The molecule has 2 heteroatoms. The standard InChI is InChI=1S/C7H11NO/c9-7-4-6-2-1-3-8(6)5-7/h6H,1-5H2/t6-/m0/s1. The molecule has 0 spiro atoms. The van der Waals surface area contributed by atoms with Gasteiger partial charge >= 0.3 is 0 Å². The van der Waals surface area contributed by atoms with Gasteiger partial charge in [-0.3, -0.25) is 9.69 Å². The van der Waals surface area contributed by atoms with Gasteiger partial charge in [0.1, 0.15) is 5.78 Å². The third-order valence-electron chi connectivity index (χ3n) is 2.34. The number of fused-ring (bicyclic) bond motifs is 1. The summed E-state index contributed by atoms with van der Waals surface area (Å²) < 4.78 is 0. The fourth-order valence-corrected chi connectivity index (χ4v) is 1.89. The Hall–Kier alpha value is -0.370. The molecule has 50 valence electrons. The molecule has 2 saturated heterocycles. The number of carbonyl (C=O) groups is 1. The maximum absolute atomic E-state index is 10.8. The lowest BCUT2D eigenvalue weighted by Gasteiger charge is -2.10. The van der Waals surface area contributed by atoms with Crippen molar-refractivity contribution in [2.45, 2.75) is 25.3 Å². The third-order valence-corrected chi connectivity index (χ3v) is 2.34. The number of carbonyl (C=O) groups excluding carboxylic acids is 1. The smallest absolute Gasteiger partial charge is 0.148 e. The molecule has 0 amide bonds. The molecule has 0 N–H and O–H groups in total. The summed E-state index contributed by atoms with van der Waals surface area (Å²) in [6.45, 7) is 1.90. The van der Waals surface area contributed by atoms with Crippen LogP contribution in [0.2, 0.25) is 0 Å². The Morgan fingerprint density at radius 2 is 2.44 bits per heavy atom. The molecule has 0 bridgehead atoms. The molecule has 0 aromatic rings. The molecule has 2 heterocycles. The van der Waals surface area contributed by atoms with Crippen LogP contribution in [0.3, 0.4) is 0 Å². The molecule has 0 unspecified atom stereocenters. The Morgan fingerprint density at radius 1 is 1.56 bits per heavy atom. The van der Waals surface area contributed by atoms with Crippen LogP contribution in [0.1, 0.15) is 19.3 Å². The zero-order valence-corrected chi connectivity index (χ0v) is 5.47. The van der Waals surface area contributed by atoms with E-state index in [-0.39, 0.29) is 0 Å². The Bertz CT molecular complexity index is 130. The van der Waals surface area contributed by atoms with Crippen molar-refractivity contribution in [3.63, 3.8) is 0 Å². The summed E-state index contributed by atoms with van der Waals surface area (Å²) in [5, 5.41) is 0. The predicted octanol–water partition coefficient (Wildman–Crippen LogP) is 0.424. The minimum absolute atomic E-state index is 0.444. The first kappa shape index (κ1) is 5.42. The van der Waals surface area contributed by atoms with Crippen molar-refractivity contribution >= 4 is 5.78 Å². The molecule has 0 aliphatic carbocycles. The number of hydrogen-bond donors (Lipinski definition) is 0. The zero-order chi connectivity index (χ0) is 6.27. The van der Waals surface area contributed by atoms with Crippen molar-refractivity contribution in [3.8, 4) is 0 Å². The molecular formula is C7H11NO. The van der Waals surface area contributed by atoms with E-state index in [1.165, 1.54) is 12.8 Å². The highest BCUT2D eigenvalue weighted by Crippen LogP contribution is 2.24. The normalized spacial score (nSPS) is 35.6. The van der Waals surface area contributed by atoms with Crippen LogP contribution >= 0.6 is 0 Å². The molecule has 2 nitrogen and oxygen atoms in total. The van der Waals surface area contributed by atoms with E-state index in [0.29, 0.717) is 11.8 Å². The lowest BCUT2D eigenvalue weighted by molar-refractivity contribution is -0.117. The second kappa shape index (κ2) is 1.81. The number of nitrogens with zero attached hydrogens (tertiary/aromatic N) is 1. The van der Waals surface area contributed by atoms with Crippen LogP contribution in [0, 0.1) is 0 Å². The first-order valence-electron chi connectivity index (χ1n) is 3.62. The number of hydrogen-bond acceptors (Lipinski definition) is 2. The van der Waals surface area contributed by atoms with E-state index < -0.39 is 0 Å². The first-order chi connectivity index (χ1) is 4.36. The van der Waals surface area contributed by atoms with Gasteiger partial charge in [0.2, 0.25) is 0 Å². The SMILES string of the molecule is O=C1C[C@@H]2CCCN2C1. The highest BCUT2D eigenvalue weighted by atomic mass is 16.1. The quantitative estimate of drug-likeness (QED) is 0.467. The molecule has 2 fully saturated rings. The van der Waals surface area contributed by atoms with Crippen molar-refractivity contribution in [2.75, 3.05) is 13.1 Å². The average Bonchev–Trinajstić information content (AvgIpc) is 2.22. The summed E-state index contributed by atoms with van der Waals surface area (Å²) in [5.74, 6) is 0.444. The van der Waals surface area contributed by atoms with Crippen LogP contribution in [-0.2, 0) is 4.79 Å². The molecule has 1 atom stereocenters. The maximum atomic E-state index is 10.8. The van der Waals surface area contributed by atoms with Gasteiger partial charge in [-0.15, -0.1) is 0 Å². The molecule has 2 aliphatic rings. The zero-order valence-electron chi connectivity index (χ0n) is 5.47. The summed E-state index contributed by atoms with van der Waals surface area (Å²) >= 11 is 0. The lowest BCUT2D eigenvalue weighted by Crippen LogP contribution is -2.22. The second-order valence-corrected chi connectivity index (χ2v) is 3.01. The van der Waals surface area contributed by atoms with E-state index in [4.69, 9.17) is 0 Å². The molecule has 2 aliphatic heterocycles. The Morgan fingerprint density at radius 3 is 3.22 bits per heavy atom. The van der Waals surface area contributed by atoms with Crippen LogP contribution in [0.15, 0.2) is 0 Å². The first-order valence-corrected chi connectivity index (χ1v) is 3.62. The van der Waals surface area contributed by atoms with Crippen molar-refractivity contribution in [1.29, 1.82) is 0 Å². The van der Waals surface area contributed by atoms with Gasteiger partial charge in [0.05, 0.1) is 6.54 Å². The van der Waals surface area contributed by atoms with Gasteiger partial charge in [0.25, 0.3) is 0 Å². The average molecular weight is 125 g/mol. The van der Waals surface area contributed by atoms with Crippen molar-refractivity contribution < 1.29 is 4.79 Å². The largest absolute Gasteiger partial charge is 0.298 e. The van der Waals surface area contributed by atoms with Crippen molar-refractivity contribution in [3.05, 3.63) is 0 Å². The summed E-state index contributed by atoms with van der Waals surface area (Å²) in [4.78, 5) is 13.1. The fourth-order valence-electron chi connectivity index (χ4n) is 1.89. The molecule has 0 aromatic carbocycles. The minimum Gasteiger partial charge on any atom is -0.298 e. The molecule has 0 saturated carbocycles. The Balaban J connectivity index is 2.09. The van der Waals surface area contributed by atoms with E-state index in [1.807, 2.05) is 0 Å². The second-order valence-electron chi connectivity index (χ2n) is 3.01. The van der Waals surface area contributed by atoms with E-state index in [0.717, 1.165) is 19.5 Å². The number of rotatable bonds is 0. The Kier molecular flexibility index (Phi) is 1.09. The van der Waals surface area contributed by atoms with Crippen LogP contribution in [-0.4, -0.2) is 29.8 Å². The molecule has 0 aromatic heterocycles. The number of Topliss-reactive ketones (excluding diaryl/α,β-unsaturated/α-hetero) is 1. The van der Waals surface area contributed by atoms with Gasteiger partial charge < -0.3 is 0 Å². The minimum atomic E-state index is 0.444. The van der Waals surface area contributed by atoms with Crippen LogP contribution in [0.5, 0.6) is 0 Å². The van der Waals surface area contributed by atoms with Crippen molar-refractivity contribution in [1.82, 2.24) is 4.90 Å². The van der Waals surface area contributed by atoms with Crippen LogP contribution in [0.25, 0.3) is 0 Å². The van der Waals surface area contributed by atoms with E-state index >= 15 is 0 Å². The van der Waals surface area contributed by atoms with Crippen molar-refractivity contribution in [2.24, 2.45) is 0 Å².